The first-order chi connectivity index (χ1) is 7.70. The van der Waals surface area contributed by atoms with Gasteiger partial charge in [0, 0.05) is 13.5 Å². The smallest absolute Gasteiger partial charge is 0.182 e. The zero-order valence-electron chi connectivity index (χ0n) is 9.70. The number of unbranched alkanes of at least 4 members (excludes halogenated alkanes) is 1. The van der Waals surface area contributed by atoms with Gasteiger partial charge in [-0.25, -0.2) is 0 Å². The Bertz CT molecular complexity index is 350. The van der Waals surface area contributed by atoms with Crippen molar-refractivity contribution in [3.8, 4) is 0 Å². The Morgan fingerprint density at radius 2 is 2.38 bits per heavy atom. The number of carbonyl (C=O) groups is 1. The van der Waals surface area contributed by atoms with Crippen molar-refractivity contribution in [2.24, 2.45) is 0 Å². The summed E-state index contributed by atoms with van der Waals surface area (Å²) in [5.41, 5.74) is 0.658. The molecule has 0 aliphatic carbocycles. The molecule has 0 aliphatic rings. The van der Waals surface area contributed by atoms with Gasteiger partial charge in [0.15, 0.2) is 5.78 Å². The number of aromatic nitrogens is 2. The number of rotatable bonds is 7. The number of halogens is 1. The summed E-state index contributed by atoms with van der Waals surface area (Å²) in [4.78, 5) is 11.9. The van der Waals surface area contributed by atoms with Crippen LogP contribution in [0.1, 0.15) is 36.7 Å². The lowest BCUT2D eigenvalue weighted by Gasteiger charge is -2.06. The highest BCUT2D eigenvalue weighted by Gasteiger charge is 2.16. The summed E-state index contributed by atoms with van der Waals surface area (Å²) >= 11 is 3.36. The van der Waals surface area contributed by atoms with Crippen LogP contribution in [0.15, 0.2) is 10.7 Å². The Kier molecular flexibility index (Phi) is 5.69. The maximum Gasteiger partial charge on any atom is 0.182 e. The SMILES string of the molecule is CCCCC(=O)c1c(Br)cnn1CCOC. The van der Waals surface area contributed by atoms with E-state index < -0.39 is 0 Å². The minimum Gasteiger partial charge on any atom is -0.383 e. The molecule has 0 aliphatic heterocycles. The van der Waals surface area contributed by atoms with Crippen molar-refractivity contribution in [3.05, 3.63) is 16.4 Å². The van der Waals surface area contributed by atoms with Gasteiger partial charge in [-0.2, -0.15) is 5.10 Å². The van der Waals surface area contributed by atoms with Crippen LogP contribution in [0, 0.1) is 0 Å². The van der Waals surface area contributed by atoms with E-state index in [4.69, 9.17) is 4.74 Å². The van der Waals surface area contributed by atoms with Crippen LogP contribution in [0.2, 0.25) is 0 Å². The van der Waals surface area contributed by atoms with Gasteiger partial charge in [0.2, 0.25) is 0 Å². The lowest BCUT2D eigenvalue weighted by Crippen LogP contribution is -2.14. The average Bonchev–Trinajstić information content (AvgIpc) is 2.64. The highest BCUT2D eigenvalue weighted by atomic mass is 79.9. The molecule has 0 radical (unpaired) electrons. The predicted octanol–water partition coefficient (Wildman–Crippen LogP) is 2.66. The fraction of sp³-hybridized carbons (Fsp3) is 0.636. The Balaban J connectivity index is 2.75. The summed E-state index contributed by atoms with van der Waals surface area (Å²) in [5.74, 6) is 0.141. The van der Waals surface area contributed by atoms with E-state index in [-0.39, 0.29) is 5.78 Å². The van der Waals surface area contributed by atoms with E-state index in [9.17, 15) is 4.79 Å². The van der Waals surface area contributed by atoms with Crippen molar-refractivity contribution in [2.75, 3.05) is 13.7 Å². The summed E-state index contributed by atoms with van der Waals surface area (Å²) in [6, 6.07) is 0. The maximum atomic E-state index is 11.9. The lowest BCUT2D eigenvalue weighted by molar-refractivity contribution is 0.0965. The molecule has 1 aromatic rings. The number of carbonyl (C=O) groups excluding carboxylic acids is 1. The quantitative estimate of drug-likeness (QED) is 0.725. The van der Waals surface area contributed by atoms with Gasteiger partial charge in [-0.1, -0.05) is 13.3 Å². The van der Waals surface area contributed by atoms with Gasteiger partial charge in [0.05, 0.1) is 23.8 Å². The Hall–Kier alpha value is -0.680. The molecule has 16 heavy (non-hydrogen) atoms. The van der Waals surface area contributed by atoms with Gasteiger partial charge in [0.1, 0.15) is 5.69 Å². The van der Waals surface area contributed by atoms with Crippen LogP contribution in [0.5, 0.6) is 0 Å². The summed E-state index contributed by atoms with van der Waals surface area (Å²) in [6.07, 6.45) is 4.18. The second-order valence-corrected chi connectivity index (χ2v) is 4.44. The third kappa shape index (κ3) is 3.42. The molecular weight excluding hydrogens is 272 g/mol. The molecule has 0 atom stereocenters. The van der Waals surface area contributed by atoms with Gasteiger partial charge in [0.25, 0.3) is 0 Å². The van der Waals surface area contributed by atoms with Gasteiger partial charge in [-0.15, -0.1) is 0 Å². The molecule has 0 amide bonds. The zero-order chi connectivity index (χ0) is 12.0. The molecular formula is C11H17BrN2O2. The summed E-state index contributed by atoms with van der Waals surface area (Å²) in [7, 11) is 1.64. The summed E-state index contributed by atoms with van der Waals surface area (Å²) in [6.45, 7) is 3.24. The van der Waals surface area contributed by atoms with Crippen LogP contribution in [0.4, 0.5) is 0 Å². The Morgan fingerprint density at radius 3 is 3.00 bits per heavy atom. The number of hydrogen-bond donors (Lipinski definition) is 0. The third-order valence-electron chi connectivity index (χ3n) is 2.32. The van der Waals surface area contributed by atoms with Gasteiger partial charge < -0.3 is 4.74 Å². The molecule has 0 aromatic carbocycles. The number of Topliss-reactive ketones (excluding diaryl/α,β-unsaturated/α-hetero) is 1. The van der Waals surface area contributed by atoms with E-state index in [1.54, 1.807) is 18.0 Å². The minimum absolute atomic E-state index is 0.141. The highest BCUT2D eigenvalue weighted by molar-refractivity contribution is 9.10. The van der Waals surface area contributed by atoms with Crippen molar-refractivity contribution >= 4 is 21.7 Å². The Labute approximate surface area is 104 Å². The van der Waals surface area contributed by atoms with E-state index in [1.807, 2.05) is 0 Å². The second-order valence-electron chi connectivity index (χ2n) is 3.58. The topological polar surface area (TPSA) is 44.1 Å². The van der Waals surface area contributed by atoms with Crippen molar-refractivity contribution in [1.82, 2.24) is 9.78 Å². The molecule has 0 saturated heterocycles. The van der Waals surface area contributed by atoms with Gasteiger partial charge in [-0.3, -0.25) is 9.48 Å². The first kappa shape index (κ1) is 13.4. The summed E-state index contributed by atoms with van der Waals surface area (Å²) in [5, 5.41) is 4.15. The predicted molar refractivity (Wildman–Crippen MR) is 65.7 cm³/mol. The molecule has 1 heterocycles. The standard InChI is InChI=1S/C11H17BrN2O2/c1-3-4-5-10(15)11-9(12)8-13-14(11)6-7-16-2/h8H,3-7H2,1-2H3. The summed E-state index contributed by atoms with van der Waals surface area (Å²) < 4.78 is 7.45. The van der Waals surface area contributed by atoms with Crippen molar-refractivity contribution in [3.63, 3.8) is 0 Å². The molecule has 0 N–H and O–H groups in total. The van der Waals surface area contributed by atoms with E-state index >= 15 is 0 Å². The monoisotopic (exact) mass is 288 g/mol. The van der Waals surface area contributed by atoms with E-state index in [1.165, 1.54) is 0 Å². The second kappa shape index (κ2) is 6.81. The van der Waals surface area contributed by atoms with Crippen molar-refractivity contribution in [1.29, 1.82) is 0 Å². The molecule has 0 saturated carbocycles. The zero-order valence-corrected chi connectivity index (χ0v) is 11.3. The van der Waals surface area contributed by atoms with Crippen molar-refractivity contribution in [2.45, 2.75) is 32.7 Å². The molecule has 0 fully saturated rings. The van der Waals surface area contributed by atoms with E-state index in [0.29, 0.717) is 25.3 Å². The van der Waals surface area contributed by atoms with Gasteiger partial charge in [-0.05, 0) is 22.4 Å². The first-order valence-corrected chi connectivity index (χ1v) is 6.23. The molecule has 1 aromatic heterocycles. The molecule has 5 heteroatoms. The largest absolute Gasteiger partial charge is 0.383 e. The van der Waals surface area contributed by atoms with Crippen LogP contribution >= 0.6 is 15.9 Å². The maximum absolute atomic E-state index is 11.9. The normalized spacial score (nSPS) is 10.7. The average molecular weight is 289 g/mol. The van der Waals surface area contributed by atoms with Crippen LogP contribution in [-0.2, 0) is 11.3 Å². The fourth-order valence-electron chi connectivity index (χ4n) is 1.44. The molecule has 0 bridgehead atoms. The lowest BCUT2D eigenvalue weighted by atomic mass is 10.1. The molecule has 0 unspecified atom stereocenters. The minimum atomic E-state index is 0.141. The molecule has 4 nitrogen and oxygen atoms in total. The fourth-order valence-corrected chi connectivity index (χ4v) is 1.96. The van der Waals surface area contributed by atoms with Crippen LogP contribution < -0.4 is 0 Å². The number of hydrogen-bond acceptors (Lipinski definition) is 3. The highest BCUT2D eigenvalue weighted by Crippen LogP contribution is 2.18. The van der Waals surface area contributed by atoms with Crippen molar-refractivity contribution < 1.29 is 9.53 Å². The molecule has 90 valence electrons. The molecule has 0 spiro atoms. The van der Waals surface area contributed by atoms with Gasteiger partial charge >= 0.3 is 0 Å². The number of nitrogens with zero attached hydrogens (tertiary/aromatic N) is 2. The van der Waals surface area contributed by atoms with E-state index in [2.05, 4.69) is 28.0 Å². The van der Waals surface area contributed by atoms with Crippen LogP contribution in [0.25, 0.3) is 0 Å². The van der Waals surface area contributed by atoms with Crippen LogP contribution in [-0.4, -0.2) is 29.3 Å². The molecule has 1 rings (SSSR count). The van der Waals surface area contributed by atoms with Crippen LogP contribution in [0.3, 0.4) is 0 Å². The Morgan fingerprint density at radius 1 is 1.62 bits per heavy atom. The first-order valence-electron chi connectivity index (χ1n) is 5.44. The third-order valence-corrected chi connectivity index (χ3v) is 2.90. The number of ketones is 1. The number of ether oxygens (including phenoxy) is 1. The number of methoxy groups -OCH3 is 1. The van der Waals surface area contributed by atoms with E-state index in [0.717, 1.165) is 17.3 Å².